The first kappa shape index (κ1) is 34.5. The summed E-state index contributed by atoms with van der Waals surface area (Å²) in [5, 5.41) is 19.5. The molecule has 6 aromatic rings. The van der Waals surface area contributed by atoms with Crippen molar-refractivity contribution >= 4 is 27.7 Å². The Morgan fingerprint density at radius 1 is 1.02 bits per heavy atom. The molecule has 4 heterocycles. The second-order valence-corrected chi connectivity index (χ2v) is 15.8. The van der Waals surface area contributed by atoms with Crippen molar-refractivity contribution in [2.24, 2.45) is 7.05 Å². The summed E-state index contributed by atoms with van der Waals surface area (Å²) in [6.07, 6.45) is 9.22. The highest BCUT2D eigenvalue weighted by molar-refractivity contribution is 7.85. The Balaban J connectivity index is 1.39. The standard InChI is InChI=1S/C39H40F2N6O3S/c1-38(2)15-5-6-16-39(3,25-9-7-8-24(18-25)10-13-34(48)49)37-44-36(46(4)45-37)29-19-27(11-12-31(29)40)51(50)35-30(23-47-22-26(38)21-43-47)28-14-17-42-33(28)20-32(35)41/h7-9,11-12,14,17-22,42H,5-6,10,13,15-16,23H2,1-4H3,(H,48,49). The zero-order valence-electron chi connectivity index (χ0n) is 29.0. The normalized spacial score (nSPS) is 19.2. The molecule has 0 aliphatic carbocycles. The van der Waals surface area contributed by atoms with Crippen molar-refractivity contribution in [1.29, 1.82) is 0 Å². The van der Waals surface area contributed by atoms with Gasteiger partial charge in [-0.25, -0.2) is 22.7 Å². The van der Waals surface area contributed by atoms with Gasteiger partial charge in [0.25, 0.3) is 0 Å². The molecule has 6 bridgehead atoms. The van der Waals surface area contributed by atoms with Crippen LogP contribution in [0.25, 0.3) is 22.3 Å². The van der Waals surface area contributed by atoms with E-state index in [1.165, 1.54) is 28.9 Å². The van der Waals surface area contributed by atoms with E-state index >= 15 is 8.78 Å². The van der Waals surface area contributed by atoms with Gasteiger partial charge >= 0.3 is 5.97 Å². The van der Waals surface area contributed by atoms with Gasteiger partial charge in [0, 0.05) is 47.2 Å². The van der Waals surface area contributed by atoms with Crippen LogP contribution in [0.3, 0.4) is 0 Å². The first-order chi connectivity index (χ1) is 24.3. The number of halogens is 2. The molecule has 9 nitrogen and oxygen atoms in total. The van der Waals surface area contributed by atoms with Crippen LogP contribution in [0.4, 0.5) is 8.78 Å². The average Bonchev–Trinajstić information content (AvgIpc) is 3.86. The van der Waals surface area contributed by atoms with Crippen molar-refractivity contribution in [3.63, 3.8) is 0 Å². The van der Waals surface area contributed by atoms with Crippen LogP contribution in [-0.4, -0.2) is 44.8 Å². The monoisotopic (exact) mass is 710 g/mol. The Morgan fingerprint density at radius 2 is 1.82 bits per heavy atom. The maximum atomic E-state index is 16.0. The van der Waals surface area contributed by atoms with Crippen LogP contribution in [0.15, 0.2) is 83.0 Å². The van der Waals surface area contributed by atoms with Crippen LogP contribution in [0.5, 0.6) is 0 Å². The van der Waals surface area contributed by atoms with E-state index in [2.05, 4.69) is 30.9 Å². The highest BCUT2D eigenvalue weighted by atomic mass is 32.2. The predicted octanol–water partition coefficient (Wildman–Crippen LogP) is 7.83. The summed E-state index contributed by atoms with van der Waals surface area (Å²) in [6.45, 7) is 6.63. The lowest BCUT2D eigenvalue weighted by Gasteiger charge is -2.29. The number of carbonyl (C=O) groups is 1. The molecular weight excluding hydrogens is 671 g/mol. The molecule has 7 rings (SSSR count). The molecule has 3 aromatic carbocycles. The molecule has 2 unspecified atom stereocenters. The second-order valence-electron chi connectivity index (χ2n) is 14.3. The minimum atomic E-state index is -2.03. The van der Waals surface area contributed by atoms with E-state index in [4.69, 9.17) is 10.1 Å². The molecule has 1 aliphatic heterocycles. The third-order valence-electron chi connectivity index (χ3n) is 10.4. The number of benzene rings is 3. The summed E-state index contributed by atoms with van der Waals surface area (Å²) in [6, 6.07) is 15.2. The van der Waals surface area contributed by atoms with Crippen LogP contribution < -0.4 is 0 Å². The molecule has 51 heavy (non-hydrogen) atoms. The minimum Gasteiger partial charge on any atom is -0.481 e. The smallest absolute Gasteiger partial charge is 0.303 e. The van der Waals surface area contributed by atoms with Gasteiger partial charge in [0.1, 0.15) is 11.6 Å². The molecule has 0 saturated heterocycles. The molecule has 2 N–H and O–H groups in total. The summed E-state index contributed by atoms with van der Waals surface area (Å²) >= 11 is 0. The van der Waals surface area contributed by atoms with Gasteiger partial charge in [0.05, 0.1) is 39.4 Å². The van der Waals surface area contributed by atoms with Crippen molar-refractivity contribution in [3.8, 4) is 11.4 Å². The lowest BCUT2D eigenvalue weighted by atomic mass is 9.75. The highest BCUT2D eigenvalue weighted by Crippen LogP contribution is 2.39. The van der Waals surface area contributed by atoms with Crippen molar-refractivity contribution in [1.82, 2.24) is 29.5 Å². The van der Waals surface area contributed by atoms with E-state index in [9.17, 15) is 14.1 Å². The number of nitrogens with one attached hydrogen (secondary N) is 1. The van der Waals surface area contributed by atoms with E-state index in [1.807, 2.05) is 42.7 Å². The van der Waals surface area contributed by atoms with E-state index in [1.54, 1.807) is 17.9 Å². The number of fused-ring (bicyclic) bond motifs is 10. The van der Waals surface area contributed by atoms with Crippen LogP contribution in [0.2, 0.25) is 0 Å². The summed E-state index contributed by atoms with van der Waals surface area (Å²) in [4.78, 5) is 19.6. The van der Waals surface area contributed by atoms with Crippen LogP contribution in [0, 0.1) is 11.6 Å². The number of aromatic amines is 1. The summed E-state index contributed by atoms with van der Waals surface area (Å²) < 4.78 is 49.4. The number of nitrogens with zero attached hydrogens (tertiary/aromatic N) is 5. The summed E-state index contributed by atoms with van der Waals surface area (Å²) in [5.41, 5.74) is 3.16. The van der Waals surface area contributed by atoms with Gasteiger partial charge in [-0.05, 0) is 78.6 Å². The van der Waals surface area contributed by atoms with Gasteiger partial charge in [-0.3, -0.25) is 9.48 Å². The van der Waals surface area contributed by atoms with E-state index in [0.29, 0.717) is 29.7 Å². The molecule has 0 fully saturated rings. The zero-order chi connectivity index (χ0) is 36.1. The Morgan fingerprint density at radius 3 is 2.63 bits per heavy atom. The molecule has 0 radical (unpaired) electrons. The van der Waals surface area contributed by atoms with Gasteiger partial charge in [0.15, 0.2) is 11.6 Å². The van der Waals surface area contributed by atoms with E-state index in [0.717, 1.165) is 41.3 Å². The van der Waals surface area contributed by atoms with Crippen molar-refractivity contribution < 1.29 is 22.9 Å². The number of rotatable bonds is 4. The third kappa shape index (κ3) is 6.53. The van der Waals surface area contributed by atoms with Crippen molar-refractivity contribution in [3.05, 3.63) is 113 Å². The van der Waals surface area contributed by atoms with Gasteiger partial charge < -0.3 is 10.1 Å². The fourth-order valence-corrected chi connectivity index (χ4v) is 8.49. The minimum absolute atomic E-state index is 0.0131. The van der Waals surface area contributed by atoms with Crippen LogP contribution in [-0.2, 0) is 46.4 Å². The molecule has 0 saturated carbocycles. The third-order valence-corrected chi connectivity index (χ3v) is 11.9. The Labute approximate surface area is 297 Å². The largest absolute Gasteiger partial charge is 0.481 e. The Bertz CT molecular complexity index is 2310. The summed E-state index contributed by atoms with van der Waals surface area (Å²) in [5.74, 6) is -1.33. The molecule has 264 valence electrons. The van der Waals surface area contributed by atoms with Gasteiger partial charge in [-0.1, -0.05) is 51.0 Å². The first-order valence-electron chi connectivity index (χ1n) is 17.1. The topological polar surface area (TPSA) is 119 Å². The number of aliphatic carboxylic acids is 1. The fourth-order valence-electron chi connectivity index (χ4n) is 7.20. The number of aryl methyl sites for hydroxylation is 2. The molecule has 0 amide bonds. The number of carboxylic acids is 1. The Kier molecular flexibility index (Phi) is 8.99. The van der Waals surface area contributed by atoms with E-state index in [-0.39, 0.29) is 39.6 Å². The molecule has 3 aromatic heterocycles. The van der Waals surface area contributed by atoms with Crippen molar-refractivity contribution in [2.75, 3.05) is 0 Å². The lowest BCUT2D eigenvalue weighted by molar-refractivity contribution is -0.136. The SMILES string of the molecule is Cn1nc2nc1-c1cc(ccc1F)S(=O)c1c(F)cc3[nH]ccc3c1Cn1cc(cn1)C(C)(C)CCCCC2(C)c1cccc(CCC(=O)O)c1. The molecule has 0 spiro atoms. The maximum Gasteiger partial charge on any atom is 0.303 e. The summed E-state index contributed by atoms with van der Waals surface area (Å²) in [7, 11) is -0.333. The quantitative estimate of drug-likeness (QED) is 0.193. The molecule has 1 aliphatic rings. The zero-order valence-corrected chi connectivity index (χ0v) is 29.9. The van der Waals surface area contributed by atoms with Crippen molar-refractivity contribution in [2.45, 2.75) is 86.5 Å². The average molecular weight is 711 g/mol. The number of hydrogen-bond acceptors (Lipinski definition) is 5. The van der Waals surface area contributed by atoms with Gasteiger partial charge in [-0.15, -0.1) is 0 Å². The number of carboxylic acid groups (broad SMARTS) is 1. The lowest BCUT2D eigenvalue weighted by Crippen LogP contribution is -2.26. The molecule has 2 atom stereocenters. The number of aromatic nitrogens is 6. The van der Waals surface area contributed by atoms with Gasteiger partial charge in [-0.2, -0.15) is 10.2 Å². The Hall–Kier alpha value is -4.97. The van der Waals surface area contributed by atoms with Crippen LogP contribution >= 0.6 is 0 Å². The highest BCUT2D eigenvalue weighted by Gasteiger charge is 2.35. The predicted molar refractivity (Wildman–Crippen MR) is 191 cm³/mol. The fraction of sp³-hybridized carbons (Fsp3) is 0.333. The second kappa shape index (κ2) is 13.3. The number of hydrogen-bond donors (Lipinski definition) is 2. The van der Waals surface area contributed by atoms with E-state index < -0.39 is 33.8 Å². The number of H-pyrrole nitrogens is 1. The van der Waals surface area contributed by atoms with Gasteiger partial charge in [0.2, 0.25) is 0 Å². The van der Waals surface area contributed by atoms with Crippen LogP contribution in [0.1, 0.15) is 81.0 Å². The molecular formula is C39H40F2N6O3S. The maximum absolute atomic E-state index is 16.0. The molecule has 12 heteroatoms. The first-order valence-corrected chi connectivity index (χ1v) is 18.2.